The first-order valence-electron chi connectivity index (χ1n) is 6.30. The molecule has 1 aromatic carbocycles. The number of hydrogen-bond acceptors (Lipinski definition) is 1. The van der Waals surface area contributed by atoms with E-state index in [4.69, 9.17) is 0 Å². The van der Waals surface area contributed by atoms with Gasteiger partial charge in [0.2, 0.25) is 0 Å². The SMILES string of the molecule is CC(C)N1CC(c2c[nH]c3ccccc23)NC1=O. The lowest BCUT2D eigenvalue weighted by molar-refractivity contribution is 0.206. The number of carbonyl (C=O) groups is 1. The van der Waals surface area contributed by atoms with Crippen molar-refractivity contribution in [1.29, 1.82) is 0 Å². The Labute approximate surface area is 106 Å². The number of rotatable bonds is 2. The summed E-state index contributed by atoms with van der Waals surface area (Å²) in [5.74, 6) is 0. The van der Waals surface area contributed by atoms with Crippen LogP contribution in [0.3, 0.4) is 0 Å². The number of aromatic amines is 1. The first kappa shape index (κ1) is 11.1. The Hall–Kier alpha value is -1.97. The molecule has 3 rings (SSSR count). The van der Waals surface area contributed by atoms with Gasteiger partial charge < -0.3 is 15.2 Å². The average Bonchev–Trinajstić information content (AvgIpc) is 2.92. The van der Waals surface area contributed by atoms with Gasteiger partial charge in [-0.15, -0.1) is 0 Å². The fourth-order valence-corrected chi connectivity index (χ4v) is 2.56. The van der Waals surface area contributed by atoms with Gasteiger partial charge in [0.05, 0.1) is 6.04 Å². The molecule has 0 radical (unpaired) electrons. The van der Waals surface area contributed by atoms with Crippen molar-refractivity contribution in [3.63, 3.8) is 0 Å². The van der Waals surface area contributed by atoms with Crippen LogP contribution in [0.2, 0.25) is 0 Å². The van der Waals surface area contributed by atoms with Gasteiger partial charge in [-0.25, -0.2) is 4.79 Å². The van der Waals surface area contributed by atoms with Gasteiger partial charge in [0.15, 0.2) is 0 Å². The minimum atomic E-state index is 0.0280. The second-order valence-corrected chi connectivity index (χ2v) is 5.04. The van der Waals surface area contributed by atoms with E-state index in [0.29, 0.717) is 0 Å². The van der Waals surface area contributed by atoms with E-state index in [1.165, 1.54) is 10.9 Å². The summed E-state index contributed by atoms with van der Waals surface area (Å²) in [6.07, 6.45) is 2.00. The van der Waals surface area contributed by atoms with Crippen molar-refractivity contribution in [2.45, 2.75) is 25.9 Å². The molecular weight excluding hydrogens is 226 g/mol. The van der Waals surface area contributed by atoms with E-state index in [1.54, 1.807) is 0 Å². The number of para-hydroxylation sites is 1. The molecule has 18 heavy (non-hydrogen) atoms. The Bertz CT molecular complexity index is 587. The van der Waals surface area contributed by atoms with Crippen LogP contribution in [-0.4, -0.2) is 28.5 Å². The largest absolute Gasteiger partial charge is 0.361 e. The minimum Gasteiger partial charge on any atom is -0.361 e. The molecule has 94 valence electrons. The molecule has 1 unspecified atom stereocenters. The average molecular weight is 243 g/mol. The van der Waals surface area contributed by atoms with Gasteiger partial charge in [0.25, 0.3) is 0 Å². The minimum absolute atomic E-state index is 0.0280. The predicted octanol–water partition coefficient (Wildman–Crippen LogP) is 2.64. The molecule has 1 aliphatic heterocycles. The first-order chi connectivity index (χ1) is 8.66. The van der Waals surface area contributed by atoms with Crippen LogP contribution in [0.1, 0.15) is 25.5 Å². The Balaban J connectivity index is 1.95. The molecule has 1 fully saturated rings. The fraction of sp³-hybridized carbons (Fsp3) is 0.357. The maximum absolute atomic E-state index is 11.9. The third-order valence-electron chi connectivity index (χ3n) is 3.56. The highest BCUT2D eigenvalue weighted by atomic mass is 16.2. The van der Waals surface area contributed by atoms with Crippen LogP contribution in [0.4, 0.5) is 4.79 Å². The summed E-state index contributed by atoms with van der Waals surface area (Å²) in [5.41, 5.74) is 2.28. The molecule has 0 bridgehead atoms. The Morgan fingerprint density at radius 3 is 2.83 bits per heavy atom. The number of aromatic nitrogens is 1. The fourth-order valence-electron chi connectivity index (χ4n) is 2.56. The molecule has 2 aromatic rings. The summed E-state index contributed by atoms with van der Waals surface area (Å²) in [5, 5.41) is 4.24. The highest BCUT2D eigenvalue weighted by Gasteiger charge is 2.32. The van der Waals surface area contributed by atoms with Gasteiger partial charge in [0, 0.05) is 35.2 Å². The number of H-pyrrole nitrogens is 1. The third-order valence-corrected chi connectivity index (χ3v) is 3.56. The number of carbonyl (C=O) groups excluding carboxylic acids is 1. The maximum atomic E-state index is 11.9. The quantitative estimate of drug-likeness (QED) is 0.837. The monoisotopic (exact) mass is 243 g/mol. The van der Waals surface area contributed by atoms with Gasteiger partial charge in [-0.3, -0.25) is 0 Å². The zero-order valence-corrected chi connectivity index (χ0v) is 10.6. The van der Waals surface area contributed by atoms with E-state index < -0.39 is 0 Å². The topological polar surface area (TPSA) is 48.1 Å². The zero-order chi connectivity index (χ0) is 12.7. The lowest BCUT2D eigenvalue weighted by Gasteiger charge is -2.18. The lowest BCUT2D eigenvalue weighted by atomic mass is 10.1. The number of nitrogens with one attached hydrogen (secondary N) is 2. The smallest absolute Gasteiger partial charge is 0.318 e. The van der Waals surface area contributed by atoms with Crippen molar-refractivity contribution in [2.75, 3.05) is 6.54 Å². The summed E-state index contributed by atoms with van der Waals surface area (Å²) in [6.45, 7) is 4.81. The summed E-state index contributed by atoms with van der Waals surface area (Å²) < 4.78 is 0. The van der Waals surface area contributed by atoms with Crippen LogP contribution in [-0.2, 0) is 0 Å². The summed E-state index contributed by atoms with van der Waals surface area (Å²) in [7, 11) is 0. The van der Waals surface area contributed by atoms with Crippen LogP contribution in [0, 0.1) is 0 Å². The normalized spacial score (nSPS) is 19.8. The molecule has 2 amide bonds. The van der Waals surface area contributed by atoms with Crippen molar-refractivity contribution in [2.24, 2.45) is 0 Å². The van der Waals surface area contributed by atoms with Crippen LogP contribution in [0.15, 0.2) is 30.5 Å². The molecule has 0 spiro atoms. The van der Waals surface area contributed by atoms with E-state index in [9.17, 15) is 4.79 Å². The molecule has 1 aromatic heterocycles. The first-order valence-corrected chi connectivity index (χ1v) is 6.30. The van der Waals surface area contributed by atoms with Crippen molar-refractivity contribution >= 4 is 16.9 Å². The maximum Gasteiger partial charge on any atom is 0.318 e. The van der Waals surface area contributed by atoms with E-state index in [-0.39, 0.29) is 18.1 Å². The highest BCUT2D eigenvalue weighted by molar-refractivity contribution is 5.85. The number of amides is 2. The van der Waals surface area contributed by atoms with E-state index in [0.717, 1.165) is 12.1 Å². The molecule has 1 saturated heterocycles. The van der Waals surface area contributed by atoms with E-state index in [2.05, 4.69) is 22.4 Å². The summed E-state index contributed by atoms with van der Waals surface area (Å²) >= 11 is 0. The van der Waals surface area contributed by atoms with Gasteiger partial charge in [-0.1, -0.05) is 18.2 Å². The Morgan fingerprint density at radius 2 is 2.11 bits per heavy atom. The molecular formula is C14H17N3O. The van der Waals surface area contributed by atoms with Crippen LogP contribution < -0.4 is 5.32 Å². The van der Waals surface area contributed by atoms with Crippen LogP contribution >= 0.6 is 0 Å². The van der Waals surface area contributed by atoms with Crippen molar-refractivity contribution in [3.8, 4) is 0 Å². The highest BCUT2D eigenvalue weighted by Crippen LogP contribution is 2.28. The third kappa shape index (κ3) is 1.65. The summed E-state index contributed by atoms with van der Waals surface area (Å²) in [6, 6.07) is 8.52. The lowest BCUT2D eigenvalue weighted by Crippen LogP contribution is -2.33. The number of urea groups is 1. The number of nitrogens with zero attached hydrogens (tertiary/aromatic N) is 1. The second kappa shape index (κ2) is 4.05. The zero-order valence-electron chi connectivity index (χ0n) is 10.6. The second-order valence-electron chi connectivity index (χ2n) is 5.04. The number of benzene rings is 1. The molecule has 0 saturated carbocycles. The standard InChI is InChI=1S/C14H17N3O/c1-9(2)17-8-13(16-14(17)18)11-7-15-12-6-4-3-5-10(11)12/h3-7,9,13,15H,8H2,1-2H3,(H,16,18). The molecule has 0 aliphatic carbocycles. The number of fused-ring (bicyclic) bond motifs is 1. The molecule has 2 heterocycles. The van der Waals surface area contributed by atoms with E-state index >= 15 is 0 Å². The Kier molecular flexibility index (Phi) is 2.51. The Morgan fingerprint density at radius 1 is 1.33 bits per heavy atom. The van der Waals surface area contributed by atoms with Crippen molar-refractivity contribution in [3.05, 3.63) is 36.0 Å². The van der Waals surface area contributed by atoms with E-state index in [1.807, 2.05) is 37.1 Å². The van der Waals surface area contributed by atoms with Gasteiger partial charge in [-0.05, 0) is 19.9 Å². The van der Waals surface area contributed by atoms with Crippen molar-refractivity contribution < 1.29 is 4.79 Å². The summed E-state index contributed by atoms with van der Waals surface area (Å²) in [4.78, 5) is 17.0. The van der Waals surface area contributed by atoms with Gasteiger partial charge in [0.1, 0.15) is 0 Å². The molecule has 2 N–H and O–H groups in total. The molecule has 4 nitrogen and oxygen atoms in total. The van der Waals surface area contributed by atoms with Crippen molar-refractivity contribution in [1.82, 2.24) is 15.2 Å². The van der Waals surface area contributed by atoms with Crippen LogP contribution in [0.25, 0.3) is 10.9 Å². The van der Waals surface area contributed by atoms with Gasteiger partial charge in [-0.2, -0.15) is 0 Å². The van der Waals surface area contributed by atoms with Crippen LogP contribution in [0.5, 0.6) is 0 Å². The molecule has 1 atom stereocenters. The number of hydrogen-bond donors (Lipinski definition) is 2. The molecule has 4 heteroatoms. The molecule has 1 aliphatic rings. The predicted molar refractivity (Wildman–Crippen MR) is 71.4 cm³/mol. The van der Waals surface area contributed by atoms with Gasteiger partial charge >= 0.3 is 6.03 Å².